The first-order valence-corrected chi connectivity index (χ1v) is 6.75. The van der Waals surface area contributed by atoms with Gasteiger partial charge in [-0.3, -0.25) is 0 Å². The number of carbonyl (C=O) groups excluding carboxylic acids is 1. The van der Waals surface area contributed by atoms with Crippen LogP contribution in [0.4, 0.5) is 4.79 Å². The molecule has 0 spiro atoms. The van der Waals surface area contributed by atoms with Crippen molar-refractivity contribution in [1.82, 2.24) is 5.32 Å². The van der Waals surface area contributed by atoms with Crippen LogP contribution in [-0.4, -0.2) is 21.1 Å². The zero-order chi connectivity index (χ0) is 11.8. The molecule has 0 aliphatic carbocycles. The number of ether oxygens (including phenoxy) is 1. The van der Waals surface area contributed by atoms with Crippen molar-refractivity contribution in [2.45, 2.75) is 10.9 Å². The molecular formula is C9H8ClNO4S. The molecule has 7 heteroatoms. The Hall–Kier alpha value is -1.27. The molecule has 1 aromatic rings. The molecule has 2 rings (SSSR count). The van der Waals surface area contributed by atoms with Gasteiger partial charge in [-0.2, -0.15) is 0 Å². The van der Waals surface area contributed by atoms with E-state index in [0.29, 0.717) is 0 Å². The largest absolute Gasteiger partial charge is 0.447 e. The summed E-state index contributed by atoms with van der Waals surface area (Å²) < 4.78 is 26.7. The Morgan fingerprint density at radius 3 is 2.38 bits per heavy atom. The van der Waals surface area contributed by atoms with Gasteiger partial charge in [-0.1, -0.05) is 12.1 Å². The third-order valence-electron chi connectivity index (χ3n) is 2.24. The fraction of sp³-hybridized carbons (Fsp3) is 0.222. The molecule has 1 aliphatic heterocycles. The van der Waals surface area contributed by atoms with Gasteiger partial charge in [-0.25, -0.2) is 13.2 Å². The Labute approximate surface area is 96.8 Å². The van der Waals surface area contributed by atoms with Gasteiger partial charge in [0.25, 0.3) is 9.05 Å². The molecular weight excluding hydrogens is 254 g/mol. The molecule has 0 bridgehead atoms. The first kappa shape index (κ1) is 11.2. The average molecular weight is 262 g/mol. The maximum Gasteiger partial charge on any atom is 0.407 e. The highest BCUT2D eigenvalue weighted by atomic mass is 35.7. The Balaban J connectivity index is 2.23. The van der Waals surface area contributed by atoms with Crippen LogP contribution < -0.4 is 5.32 Å². The Kier molecular flexibility index (Phi) is 2.77. The topological polar surface area (TPSA) is 72.5 Å². The van der Waals surface area contributed by atoms with Crippen LogP contribution in [0, 0.1) is 0 Å². The maximum atomic E-state index is 11.0. The van der Waals surface area contributed by atoms with Crippen LogP contribution in [0.25, 0.3) is 0 Å². The van der Waals surface area contributed by atoms with E-state index in [2.05, 4.69) is 5.32 Å². The third kappa shape index (κ3) is 2.28. The van der Waals surface area contributed by atoms with Gasteiger partial charge in [0.2, 0.25) is 0 Å². The second kappa shape index (κ2) is 3.95. The number of nitrogens with one attached hydrogen (secondary N) is 1. The summed E-state index contributed by atoms with van der Waals surface area (Å²) in [7, 11) is 1.47. The molecule has 0 aromatic heterocycles. The number of cyclic esters (lactones) is 1. The van der Waals surface area contributed by atoms with E-state index in [1.54, 1.807) is 12.1 Å². The lowest BCUT2D eigenvalue weighted by molar-refractivity contribution is 0.177. The molecule has 1 amide bonds. The summed E-state index contributed by atoms with van der Waals surface area (Å²) in [6.45, 7) is 0.242. The zero-order valence-electron chi connectivity index (χ0n) is 8.01. The Bertz CT molecular complexity index is 511. The van der Waals surface area contributed by atoms with Crippen molar-refractivity contribution in [1.29, 1.82) is 0 Å². The van der Waals surface area contributed by atoms with Gasteiger partial charge >= 0.3 is 6.09 Å². The summed E-state index contributed by atoms with van der Waals surface area (Å²) in [5.41, 5.74) is 0.773. The fourth-order valence-electron chi connectivity index (χ4n) is 1.43. The monoisotopic (exact) mass is 261 g/mol. The zero-order valence-corrected chi connectivity index (χ0v) is 9.59. The smallest absolute Gasteiger partial charge is 0.407 e. The number of hydrogen-bond acceptors (Lipinski definition) is 4. The highest BCUT2D eigenvalue weighted by molar-refractivity contribution is 8.13. The fourth-order valence-corrected chi connectivity index (χ4v) is 2.20. The Morgan fingerprint density at radius 2 is 1.94 bits per heavy atom. The summed E-state index contributed by atoms with van der Waals surface area (Å²) in [4.78, 5) is 10.8. The minimum atomic E-state index is -3.70. The van der Waals surface area contributed by atoms with E-state index in [-0.39, 0.29) is 17.5 Å². The molecule has 1 aromatic carbocycles. The van der Waals surface area contributed by atoms with Gasteiger partial charge in [0, 0.05) is 10.7 Å². The number of amides is 1. The number of hydrogen-bond donors (Lipinski definition) is 1. The molecule has 1 heterocycles. The molecule has 1 atom stereocenters. The lowest BCUT2D eigenvalue weighted by Crippen LogP contribution is -2.18. The molecule has 1 aliphatic rings. The van der Waals surface area contributed by atoms with Crippen LogP contribution in [0.1, 0.15) is 11.6 Å². The van der Waals surface area contributed by atoms with E-state index in [0.717, 1.165) is 5.56 Å². The molecule has 0 unspecified atom stereocenters. The Morgan fingerprint density at radius 1 is 1.31 bits per heavy atom. The number of alkyl carbamates (subject to hydrolysis) is 1. The second-order valence-electron chi connectivity index (χ2n) is 3.30. The minimum Gasteiger partial charge on any atom is -0.447 e. The highest BCUT2D eigenvalue weighted by Gasteiger charge is 2.23. The lowest BCUT2D eigenvalue weighted by atomic mass is 10.1. The van der Waals surface area contributed by atoms with Crippen LogP contribution in [0.15, 0.2) is 29.2 Å². The molecule has 86 valence electrons. The van der Waals surface area contributed by atoms with Gasteiger partial charge in [0.15, 0.2) is 0 Å². The normalized spacial score (nSPS) is 20.3. The molecule has 1 N–H and O–H groups in total. The summed E-state index contributed by atoms with van der Waals surface area (Å²) in [6, 6.07) is 5.73. The molecule has 1 fully saturated rings. The summed E-state index contributed by atoms with van der Waals surface area (Å²) in [6.07, 6.45) is -0.473. The van der Waals surface area contributed by atoms with Gasteiger partial charge in [-0.05, 0) is 17.7 Å². The maximum absolute atomic E-state index is 11.0. The molecule has 1 saturated heterocycles. The van der Waals surface area contributed by atoms with Crippen LogP contribution >= 0.6 is 10.7 Å². The number of carbonyl (C=O) groups is 1. The SMILES string of the molecule is O=C1N[C@H](c2ccc(S(=O)(=O)Cl)cc2)CO1. The molecule has 0 radical (unpaired) electrons. The number of rotatable bonds is 2. The van der Waals surface area contributed by atoms with Crippen molar-refractivity contribution in [2.75, 3.05) is 6.61 Å². The first-order valence-electron chi connectivity index (χ1n) is 4.45. The van der Waals surface area contributed by atoms with E-state index < -0.39 is 15.1 Å². The minimum absolute atomic E-state index is 0.0307. The highest BCUT2D eigenvalue weighted by Crippen LogP contribution is 2.21. The van der Waals surface area contributed by atoms with Crippen molar-refractivity contribution in [2.24, 2.45) is 0 Å². The van der Waals surface area contributed by atoms with Crippen molar-refractivity contribution in [3.63, 3.8) is 0 Å². The number of benzene rings is 1. The average Bonchev–Trinajstić information content (AvgIpc) is 2.64. The van der Waals surface area contributed by atoms with Gasteiger partial charge in [0.1, 0.15) is 6.61 Å². The van der Waals surface area contributed by atoms with Crippen molar-refractivity contribution < 1.29 is 17.9 Å². The van der Waals surface area contributed by atoms with E-state index in [1.807, 2.05) is 0 Å². The standard InChI is InChI=1S/C9H8ClNO4S/c10-16(13,14)7-3-1-6(2-4-7)8-5-15-9(12)11-8/h1-4,8H,5H2,(H,11,12)/t8-/m0/s1. The van der Waals surface area contributed by atoms with E-state index in [1.165, 1.54) is 12.1 Å². The van der Waals surface area contributed by atoms with Crippen LogP contribution in [0.2, 0.25) is 0 Å². The summed E-state index contributed by atoms with van der Waals surface area (Å²) >= 11 is 0. The van der Waals surface area contributed by atoms with Crippen LogP contribution in [-0.2, 0) is 13.8 Å². The van der Waals surface area contributed by atoms with E-state index >= 15 is 0 Å². The third-order valence-corrected chi connectivity index (χ3v) is 3.61. The van der Waals surface area contributed by atoms with Crippen LogP contribution in [0.5, 0.6) is 0 Å². The number of halogens is 1. The molecule has 16 heavy (non-hydrogen) atoms. The first-order chi connectivity index (χ1) is 7.47. The van der Waals surface area contributed by atoms with Crippen molar-refractivity contribution in [3.05, 3.63) is 29.8 Å². The quantitative estimate of drug-likeness (QED) is 0.817. The second-order valence-corrected chi connectivity index (χ2v) is 5.87. The van der Waals surface area contributed by atoms with Gasteiger partial charge in [0.05, 0.1) is 10.9 Å². The van der Waals surface area contributed by atoms with Crippen LogP contribution in [0.3, 0.4) is 0 Å². The van der Waals surface area contributed by atoms with Crippen molar-refractivity contribution in [3.8, 4) is 0 Å². The van der Waals surface area contributed by atoms with Gasteiger partial charge < -0.3 is 10.1 Å². The molecule has 5 nitrogen and oxygen atoms in total. The van der Waals surface area contributed by atoms with Gasteiger partial charge in [-0.15, -0.1) is 0 Å². The predicted octanol–water partition coefficient (Wildman–Crippen LogP) is 1.40. The summed E-state index contributed by atoms with van der Waals surface area (Å²) in [5.74, 6) is 0. The van der Waals surface area contributed by atoms with Crippen molar-refractivity contribution >= 4 is 25.8 Å². The lowest BCUT2D eigenvalue weighted by Gasteiger charge is -2.07. The van der Waals surface area contributed by atoms with E-state index in [9.17, 15) is 13.2 Å². The molecule has 0 saturated carbocycles. The van der Waals surface area contributed by atoms with E-state index in [4.69, 9.17) is 15.4 Å². The predicted molar refractivity (Wildman–Crippen MR) is 56.7 cm³/mol. The summed E-state index contributed by atoms with van der Waals surface area (Å²) in [5, 5.41) is 2.58.